The second-order valence-corrected chi connectivity index (χ2v) is 3.54. The average molecular weight is 209 g/mol. The highest BCUT2D eigenvalue weighted by molar-refractivity contribution is 5.33. The molecule has 1 saturated heterocycles. The minimum atomic E-state index is 0.448. The molecule has 1 atom stereocenters. The van der Waals surface area contributed by atoms with E-state index in [0.29, 0.717) is 17.7 Å². The molecule has 1 aliphatic rings. The van der Waals surface area contributed by atoms with Crippen LogP contribution in [0.25, 0.3) is 0 Å². The SMILES string of the molecule is COc1cc(C2CCNC2)c(OC)nn1. The van der Waals surface area contributed by atoms with Crippen LogP contribution < -0.4 is 14.8 Å². The van der Waals surface area contributed by atoms with Crippen molar-refractivity contribution in [3.63, 3.8) is 0 Å². The summed E-state index contributed by atoms with van der Waals surface area (Å²) in [5.74, 6) is 1.59. The van der Waals surface area contributed by atoms with Crippen molar-refractivity contribution in [2.24, 2.45) is 0 Å². The zero-order valence-corrected chi connectivity index (χ0v) is 8.99. The highest BCUT2D eigenvalue weighted by Gasteiger charge is 2.22. The molecule has 5 nitrogen and oxygen atoms in total. The van der Waals surface area contributed by atoms with Gasteiger partial charge in [0.05, 0.1) is 14.2 Å². The summed E-state index contributed by atoms with van der Waals surface area (Å²) in [4.78, 5) is 0. The summed E-state index contributed by atoms with van der Waals surface area (Å²) in [6.07, 6.45) is 1.10. The number of nitrogens with zero attached hydrogens (tertiary/aromatic N) is 2. The Morgan fingerprint density at radius 2 is 2.20 bits per heavy atom. The van der Waals surface area contributed by atoms with Crippen LogP contribution in [0.1, 0.15) is 17.9 Å². The molecule has 1 fully saturated rings. The fourth-order valence-electron chi connectivity index (χ4n) is 1.85. The maximum absolute atomic E-state index is 5.20. The van der Waals surface area contributed by atoms with Crippen molar-refractivity contribution in [1.29, 1.82) is 0 Å². The lowest BCUT2D eigenvalue weighted by Crippen LogP contribution is -2.10. The third-order valence-corrected chi connectivity index (χ3v) is 2.67. The second-order valence-electron chi connectivity index (χ2n) is 3.54. The summed E-state index contributed by atoms with van der Waals surface area (Å²) in [7, 11) is 3.20. The first-order chi connectivity index (χ1) is 7.35. The summed E-state index contributed by atoms with van der Waals surface area (Å²) >= 11 is 0. The van der Waals surface area contributed by atoms with Gasteiger partial charge in [0.1, 0.15) is 0 Å². The standard InChI is InChI=1S/C10H15N3O2/c1-14-9-5-8(7-3-4-11-6-7)10(15-2)13-12-9/h5,7,11H,3-4,6H2,1-2H3. The van der Waals surface area contributed by atoms with E-state index in [1.807, 2.05) is 6.07 Å². The lowest BCUT2D eigenvalue weighted by Gasteiger charge is -2.12. The summed E-state index contributed by atoms with van der Waals surface area (Å²) in [5, 5.41) is 11.2. The highest BCUT2D eigenvalue weighted by Crippen LogP contribution is 2.30. The summed E-state index contributed by atoms with van der Waals surface area (Å²) in [5.41, 5.74) is 1.08. The predicted molar refractivity (Wildman–Crippen MR) is 55.4 cm³/mol. The molecule has 2 rings (SSSR count). The number of hydrogen-bond acceptors (Lipinski definition) is 5. The Balaban J connectivity index is 2.32. The largest absolute Gasteiger partial charge is 0.480 e. The van der Waals surface area contributed by atoms with Crippen LogP contribution in [0.2, 0.25) is 0 Å². The maximum atomic E-state index is 5.20. The van der Waals surface area contributed by atoms with E-state index >= 15 is 0 Å². The zero-order valence-electron chi connectivity index (χ0n) is 8.99. The Kier molecular flexibility index (Phi) is 3.01. The number of methoxy groups -OCH3 is 2. The van der Waals surface area contributed by atoms with Gasteiger partial charge in [0.25, 0.3) is 0 Å². The van der Waals surface area contributed by atoms with Crippen LogP contribution in [-0.2, 0) is 0 Å². The van der Waals surface area contributed by atoms with Crippen LogP contribution >= 0.6 is 0 Å². The van der Waals surface area contributed by atoms with E-state index in [2.05, 4.69) is 15.5 Å². The van der Waals surface area contributed by atoms with Gasteiger partial charge in [-0.25, -0.2) is 0 Å². The highest BCUT2D eigenvalue weighted by atomic mass is 16.5. The van der Waals surface area contributed by atoms with Gasteiger partial charge in [0.2, 0.25) is 11.8 Å². The van der Waals surface area contributed by atoms with Crippen molar-refractivity contribution in [3.05, 3.63) is 11.6 Å². The van der Waals surface area contributed by atoms with Gasteiger partial charge in [-0.3, -0.25) is 0 Å². The van der Waals surface area contributed by atoms with Crippen LogP contribution in [-0.4, -0.2) is 37.5 Å². The molecule has 0 spiro atoms. The first kappa shape index (κ1) is 10.2. The van der Waals surface area contributed by atoms with Crippen molar-refractivity contribution in [2.45, 2.75) is 12.3 Å². The van der Waals surface area contributed by atoms with Crippen molar-refractivity contribution < 1.29 is 9.47 Å². The van der Waals surface area contributed by atoms with E-state index in [9.17, 15) is 0 Å². The number of nitrogens with one attached hydrogen (secondary N) is 1. The smallest absolute Gasteiger partial charge is 0.236 e. The van der Waals surface area contributed by atoms with E-state index in [1.54, 1.807) is 14.2 Å². The van der Waals surface area contributed by atoms with Gasteiger partial charge < -0.3 is 14.8 Å². The summed E-state index contributed by atoms with van der Waals surface area (Å²) in [6, 6.07) is 1.91. The number of ether oxygens (including phenoxy) is 2. The fraction of sp³-hybridized carbons (Fsp3) is 0.600. The topological polar surface area (TPSA) is 56.3 Å². The molecule has 1 N–H and O–H groups in total. The molecule has 0 radical (unpaired) electrons. The molecular formula is C10H15N3O2. The van der Waals surface area contributed by atoms with Gasteiger partial charge in [-0.1, -0.05) is 0 Å². The maximum Gasteiger partial charge on any atom is 0.236 e. The third kappa shape index (κ3) is 2.02. The summed E-state index contributed by atoms with van der Waals surface area (Å²) in [6.45, 7) is 2.00. The van der Waals surface area contributed by atoms with Crippen LogP contribution in [0, 0.1) is 0 Å². The van der Waals surface area contributed by atoms with E-state index in [4.69, 9.17) is 9.47 Å². The second kappa shape index (κ2) is 4.44. The van der Waals surface area contributed by atoms with E-state index in [0.717, 1.165) is 25.1 Å². The molecule has 0 bridgehead atoms. The number of rotatable bonds is 3. The van der Waals surface area contributed by atoms with Gasteiger partial charge in [-0.15, -0.1) is 10.2 Å². The zero-order chi connectivity index (χ0) is 10.7. The first-order valence-electron chi connectivity index (χ1n) is 5.01. The van der Waals surface area contributed by atoms with Gasteiger partial charge in [-0.2, -0.15) is 0 Å². The van der Waals surface area contributed by atoms with Gasteiger partial charge >= 0.3 is 0 Å². The van der Waals surface area contributed by atoms with Crippen LogP contribution in [0.3, 0.4) is 0 Å². The molecule has 0 amide bonds. The van der Waals surface area contributed by atoms with E-state index in [1.165, 1.54) is 0 Å². The Labute approximate surface area is 88.8 Å². The van der Waals surface area contributed by atoms with Crippen molar-refractivity contribution in [1.82, 2.24) is 15.5 Å². The monoisotopic (exact) mass is 209 g/mol. The molecule has 1 aromatic rings. The van der Waals surface area contributed by atoms with Crippen molar-refractivity contribution >= 4 is 0 Å². The molecule has 1 aliphatic heterocycles. The minimum Gasteiger partial charge on any atom is -0.480 e. The predicted octanol–water partition coefficient (Wildman–Crippen LogP) is 0.571. The van der Waals surface area contributed by atoms with Gasteiger partial charge in [0.15, 0.2) is 0 Å². The lowest BCUT2D eigenvalue weighted by molar-refractivity contribution is 0.360. The van der Waals surface area contributed by atoms with Crippen molar-refractivity contribution in [3.8, 4) is 11.8 Å². The Hall–Kier alpha value is -1.36. The Bertz CT molecular complexity index is 337. The molecule has 0 aliphatic carbocycles. The Morgan fingerprint density at radius 1 is 1.33 bits per heavy atom. The van der Waals surface area contributed by atoms with Crippen LogP contribution in [0.5, 0.6) is 11.8 Å². The molecule has 0 saturated carbocycles. The van der Waals surface area contributed by atoms with Gasteiger partial charge in [0, 0.05) is 24.1 Å². The summed E-state index contributed by atoms with van der Waals surface area (Å²) < 4.78 is 10.3. The van der Waals surface area contributed by atoms with Crippen LogP contribution in [0.4, 0.5) is 0 Å². The molecular weight excluding hydrogens is 194 g/mol. The Morgan fingerprint density at radius 3 is 2.80 bits per heavy atom. The normalized spacial score (nSPS) is 20.3. The van der Waals surface area contributed by atoms with Crippen molar-refractivity contribution in [2.75, 3.05) is 27.3 Å². The number of hydrogen-bond donors (Lipinski definition) is 1. The van der Waals surface area contributed by atoms with E-state index in [-0.39, 0.29) is 0 Å². The van der Waals surface area contributed by atoms with E-state index < -0.39 is 0 Å². The van der Waals surface area contributed by atoms with Crippen LogP contribution in [0.15, 0.2) is 6.07 Å². The quantitative estimate of drug-likeness (QED) is 0.788. The number of aromatic nitrogens is 2. The molecule has 1 aromatic heterocycles. The minimum absolute atomic E-state index is 0.448. The van der Waals surface area contributed by atoms with Gasteiger partial charge in [-0.05, 0) is 13.0 Å². The average Bonchev–Trinajstić information content (AvgIpc) is 2.81. The lowest BCUT2D eigenvalue weighted by atomic mass is 10.0. The molecule has 5 heteroatoms. The molecule has 2 heterocycles. The third-order valence-electron chi connectivity index (χ3n) is 2.67. The molecule has 15 heavy (non-hydrogen) atoms. The first-order valence-corrected chi connectivity index (χ1v) is 5.01. The fourth-order valence-corrected chi connectivity index (χ4v) is 1.85. The molecule has 82 valence electrons. The molecule has 0 aromatic carbocycles. The molecule has 1 unspecified atom stereocenters.